The van der Waals surface area contributed by atoms with Crippen molar-refractivity contribution in [3.8, 4) is 0 Å². The maximum Gasteiger partial charge on any atom is 0.147 e. The van der Waals surface area contributed by atoms with Crippen LogP contribution in [0.1, 0.15) is 38.5 Å². The van der Waals surface area contributed by atoms with Gasteiger partial charge in [-0.05, 0) is 19.3 Å². The summed E-state index contributed by atoms with van der Waals surface area (Å²) in [6, 6.07) is 0. The van der Waals surface area contributed by atoms with Crippen molar-refractivity contribution in [2.24, 2.45) is 0 Å². The van der Waals surface area contributed by atoms with Gasteiger partial charge in [0.05, 0.1) is 18.3 Å². The van der Waals surface area contributed by atoms with E-state index in [4.69, 9.17) is 9.47 Å². The Morgan fingerprint density at radius 2 is 2.06 bits per heavy atom. The summed E-state index contributed by atoms with van der Waals surface area (Å²) in [4.78, 5) is 0. The molecule has 4 heteroatoms. The third kappa shape index (κ3) is 3.70. The maximum atomic E-state index is 10.3. The fraction of sp³-hybridized carbons (Fsp3) is 1.00. The second-order valence-corrected chi connectivity index (χ2v) is 5.02. The topological polar surface area (TPSA) is 50.7 Å². The molecule has 0 spiro atoms. The van der Waals surface area contributed by atoms with E-state index >= 15 is 0 Å². The maximum absolute atomic E-state index is 10.3. The van der Waals surface area contributed by atoms with Crippen LogP contribution in [0.25, 0.3) is 0 Å². The highest BCUT2D eigenvalue weighted by Crippen LogP contribution is 2.27. The Balaban J connectivity index is 1.62. The van der Waals surface area contributed by atoms with E-state index in [9.17, 15) is 5.11 Å². The second kappa shape index (κ2) is 5.96. The zero-order valence-corrected chi connectivity index (χ0v) is 9.91. The molecule has 2 fully saturated rings. The molecule has 1 saturated carbocycles. The van der Waals surface area contributed by atoms with Crippen LogP contribution in [0.2, 0.25) is 0 Å². The van der Waals surface area contributed by atoms with Crippen LogP contribution < -0.4 is 5.32 Å². The first-order valence-electron chi connectivity index (χ1n) is 6.41. The molecular formula is C12H23NO3. The molecule has 16 heavy (non-hydrogen) atoms. The highest BCUT2D eigenvalue weighted by atomic mass is 16.7. The summed E-state index contributed by atoms with van der Waals surface area (Å²) >= 11 is 0. The van der Waals surface area contributed by atoms with E-state index < -0.39 is 5.60 Å². The molecule has 0 amide bonds. The first-order chi connectivity index (χ1) is 7.79. The molecule has 0 radical (unpaired) electrons. The lowest BCUT2D eigenvalue weighted by atomic mass is 9.85. The molecule has 0 aromatic rings. The Morgan fingerprint density at radius 3 is 2.75 bits per heavy atom. The van der Waals surface area contributed by atoms with E-state index in [1.54, 1.807) is 0 Å². The largest absolute Gasteiger partial charge is 0.389 e. The van der Waals surface area contributed by atoms with Crippen molar-refractivity contribution in [2.75, 3.05) is 26.5 Å². The lowest BCUT2D eigenvalue weighted by molar-refractivity contribution is -0.137. The van der Waals surface area contributed by atoms with Gasteiger partial charge in [0.2, 0.25) is 0 Å². The standard InChI is InChI=1S/C12H23NO3/c14-12(5-2-1-3-6-12)9-13-8-11-4-7-15-10-16-11/h11,13-14H,1-10H2. The molecule has 0 aromatic carbocycles. The van der Waals surface area contributed by atoms with Crippen LogP contribution in [-0.4, -0.2) is 43.3 Å². The van der Waals surface area contributed by atoms with Gasteiger partial charge in [-0.15, -0.1) is 0 Å². The fourth-order valence-electron chi connectivity index (χ4n) is 2.51. The van der Waals surface area contributed by atoms with Crippen molar-refractivity contribution in [2.45, 2.75) is 50.2 Å². The van der Waals surface area contributed by atoms with Crippen LogP contribution in [0, 0.1) is 0 Å². The van der Waals surface area contributed by atoms with E-state index in [1.807, 2.05) is 0 Å². The summed E-state index contributed by atoms with van der Waals surface area (Å²) in [6.45, 7) is 2.73. The van der Waals surface area contributed by atoms with E-state index in [0.29, 0.717) is 13.3 Å². The normalized spacial score (nSPS) is 30.2. The van der Waals surface area contributed by atoms with Crippen molar-refractivity contribution in [1.82, 2.24) is 5.32 Å². The first kappa shape index (κ1) is 12.3. The average Bonchev–Trinajstić information content (AvgIpc) is 2.31. The lowest BCUT2D eigenvalue weighted by Crippen LogP contribution is -2.45. The van der Waals surface area contributed by atoms with Gasteiger partial charge in [0.1, 0.15) is 6.79 Å². The molecule has 0 aromatic heterocycles. The third-order valence-corrected chi connectivity index (χ3v) is 3.58. The number of nitrogens with one attached hydrogen (secondary N) is 1. The van der Waals surface area contributed by atoms with Gasteiger partial charge in [-0.1, -0.05) is 19.3 Å². The minimum Gasteiger partial charge on any atom is -0.389 e. The van der Waals surface area contributed by atoms with E-state index in [-0.39, 0.29) is 6.10 Å². The molecule has 94 valence electrons. The van der Waals surface area contributed by atoms with Gasteiger partial charge in [-0.25, -0.2) is 0 Å². The van der Waals surface area contributed by atoms with Crippen LogP contribution in [-0.2, 0) is 9.47 Å². The second-order valence-electron chi connectivity index (χ2n) is 5.02. The Bertz CT molecular complexity index is 198. The summed E-state index contributed by atoms with van der Waals surface area (Å²) in [5.41, 5.74) is -0.469. The molecule has 1 atom stereocenters. The highest BCUT2D eigenvalue weighted by Gasteiger charge is 2.28. The van der Waals surface area contributed by atoms with E-state index in [0.717, 1.165) is 45.3 Å². The molecule has 1 aliphatic heterocycles. The average molecular weight is 229 g/mol. The van der Waals surface area contributed by atoms with Crippen LogP contribution in [0.15, 0.2) is 0 Å². The van der Waals surface area contributed by atoms with E-state index in [2.05, 4.69) is 5.32 Å². The molecule has 1 unspecified atom stereocenters. The van der Waals surface area contributed by atoms with Crippen LogP contribution in [0.4, 0.5) is 0 Å². The Labute approximate surface area is 97.3 Å². The van der Waals surface area contributed by atoms with Gasteiger partial charge in [-0.2, -0.15) is 0 Å². The van der Waals surface area contributed by atoms with Crippen LogP contribution in [0.3, 0.4) is 0 Å². The minimum absolute atomic E-state index is 0.251. The summed E-state index contributed by atoms with van der Waals surface area (Å²) in [6.07, 6.45) is 6.67. The highest BCUT2D eigenvalue weighted by molar-refractivity contribution is 4.84. The first-order valence-corrected chi connectivity index (χ1v) is 6.41. The number of hydrogen-bond acceptors (Lipinski definition) is 4. The minimum atomic E-state index is -0.469. The van der Waals surface area contributed by atoms with Crippen molar-refractivity contribution in [3.05, 3.63) is 0 Å². The predicted octanol–water partition coefficient (Wildman–Crippen LogP) is 1.03. The van der Waals surface area contributed by atoms with Crippen molar-refractivity contribution >= 4 is 0 Å². The SMILES string of the molecule is OC1(CNCC2CCOCO2)CCCCC1. The number of rotatable bonds is 4. The lowest BCUT2D eigenvalue weighted by Gasteiger charge is -2.33. The van der Waals surface area contributed by atoms with Crippen molar-refractivity contribution in [3.63, 3.8) is 0 Å². The Hall–Kier alpha value is -0.160. The summed E-state index contributed by atoms with van der Waals surface area (Å²) in [7, 11) is 0. The molecule has 1 aliphatic carbocycles. The summed E-state index contributed by atoms with van der Waals surface area (Å²) < 4.78 is 10.6. The number of hydrogen-bond donors (Lipinski definition) is 2. The van der Waals surface area contributed by atoms with E-state index in [1.165, 1.54) is 6.42 Å². The zero-order valence-electron chi connectivity index (χ0n) is 9.91. The summed E-state index contributed by atoms with van der Waals surface area (Å²) in [5, 5.41) is 13.6. The number of ether oxygens (including phenoxy) is 2. The molecular weight excluding hydrogens is 206 g/mol. The van der Waals surface area contributed by atoms with Gasteiger partial charge < -0.3 is 19.9 Å². The quantitative estimate of drug-likeness (QED) is 0.756. The summed E-state index contributed by atoms with van der Waals surface area (Å²) in [5.74, 6) is 0. The van der Waals surface area contributed by atoms with Gasteiger partial charge in [0, 0.05) is 13.1 Å². The van der Waals surface area contributed by atoms with Gasteiger partial charge >= 0.3 is 0 Å². The van der Waals surface area contributed by atoms with Gasteiger partial charge in [-0.3, -0.25) is 0 Å². The van der Waals surface area contributed by atoms with Crippen LogP contribution >= 0.6 is 0 Å². The molecule has 2 aliphatic rings. The van der Waals surface area contributed by atoms with Gasteiger partial charge in [0.25, 0.3) is 0 Å². The van der Waals surface area contributed by atoms with Crippen LogP contribution in [0.5, 0.6) is 0 Å². The van der Waals surface area contributed by atoms with Crippen molar-refractivity contribution in [1.29, 1.82) is 0 Å². The molecule has 2 rings (SSSR count). The smallest absolute Gasteiger partial charge is 0.147 e. The number of aliphatic hydroxyl groups is 1. The van der Waals surface area contributed by atoms with Crippen molar-refractivity contribution < 1.29 is 14.6 Å². The molecule has 2 N–H and O–H groups in total. The molecule has 1 saturated heterocycles. The predicted molar refractivity (Wildman–Crippen MR) is 61.2 cm³/mol. The zero-order chi connectivity index (χ0) is 11.3. The molecule has 0 bridgehead atoms. The fourth-order valence-corrected chi connectivity index (χ4v) is 2.51. The third-order valence-electron chi connectivity index (χ3n) is 3.58. The Kier molecular flexibility index (Phi) is 4.58. The van der Waals surface area contributed by atoms with Gasteiger partial charge in [0.15, 0.2) is 0 Å². The molecule has 4 nitrogen and oxygen atoms in total. The Morgan fingerprint density at radius 1 is 1.25 bits per heavy atom. The monoisotopic (exact) mass is 229 g/mol. The molecule has 1 heterocycles.